The van der Waals surface area contributed by atoms with Gasteiger partial charge < -0.3 is 15.0 Å². The molecule has 10 heteroatoms. The van der Waals surface area contributed by atoms with E-state index in [1.165, 1.54) is 0 Å². The lowest BCUT2D eigenvalue weighted by atomic mass is 9.97. The summed E-state index contributed by atoms with van der Waals surface area (Å²) in [6.07, 6.45) is 7.28. The fourth-order valence-corrected chi connectivity index (χ4v) is 3.85. The zero-order valence-electron chi connectivity index (χ0n) is 15.6. The number of nitrogens with one attached hydrogen (secondary N) is 1. The van der Waals surface area contributed by atoms with E-state index in [-0.39, 0.29) is 12.1 Å². The Labute approximate surface area is 157 Å². The fraction of sp³-hybridized carbons (Fsp3) is 0.706. The van der Waals surface area contributed by atoms with E-state index in [2.05, 4.69) is 25.7 Å². The van der Waals surface area contributed by atoms with Gasteiger partial charge in [-0.05, 0) is 25.2 Å². The van der Waals surface area contributed by atoms with Crippen LogP contribution in [0.4, 0.5) is 4.79 Å². The van der Waals surface area contributed by atoms with Crippen LogP contribution in [-0.4, -0.2) is 66.9 Å². The Morgan fingerprint density at radius 1 is 1.33 bits per heavy atom. The van der Waals surface area contributed by atoms with Crippen molar-refractivity contribution in [1.29, 1.82) is 0 Å². The van der Waals surface area contributed by atoms with Crippen LogP contribution in [0.1, 0.15) is 30.9 Å². The molecule has 1 atom stereocenters. The standard InChI is InChI=1S/C17H26N8O2/c1-27-12-15-20-16-3-2-14(11-25(16)21-15)19-17(26)23-7-4-13(5-8-23)10-24-9-6-18-22-24/h6,9,13-14H,2-5,7-8,10-12H2,1H3,(H,19,26). The molecule has 2 amide bonds. The normalized spacial score (nSPS) is 20.5. The molecule has 2 aromatic rings. The van der Waals surface area contributed by atoms with E-state index in [9.17, 15) is 4.79 Å². The average Bonchev–Trinajstić information content (AvgIpc) is 3.31. The lowest BCUT2D eigenvalue weighted by Crippen LogP contribution is -2.50. The van der Waals surface area contributed by atoms with E-state index in [1.54, 1.807) is 13.3 Å². The number of urea groups is 1. The highest BCUT2D eigenvalue weighted by molar-refractivity contribution is 5.74. The Balaban J connectivity index is 1.25. The first kappa shape index (κ1) is 17.9. The number of nitrogens with zero attached hydrogens (tertiary/aromatic N) is 7. The molecule has 0 bridgehead atoms. The number of piperidine rings is 1. The molecule has 0 saturated carbocycles. The number of hydrogen-bond donors (Lipinski definition) is 1. The van der Waals surface area contributed by atoms with Crippen molar-refractivity contribution in [3.63, 3.8) is 0 Å². The first-order valence-electron chi connectivity index (χ1n) is 9.52. The van der Waals surface area contributed by atoms with Crippen LogP contribution in [0, 0.1) is 5.92 Å². The van der Waals surface area contributed by atoms with Gasteiger partial charge in [0.05, 0.1) is 18.8 Å². The van der Waals surface area contributed by atoms with E-state index in [0.717, 1.165) is 51.1 Å². The van der Waals surface area contributed by atoms with Crippen LogP contribution in [0.5, 0.6) is 0 Å². The third kappa shape index (κ3) is 4.26. The topological polar surface area (TPSA) is 103 Å². The maximum atomic E-state index is 12.6. The van der Waals surface area contributed by atoms with Crippen LogP contribution >= 0.6 is 0 Å². The second kappa shape index (κ2) is 8.03. The molecule has 2 aromatic heterocycles. The summed E-state index contributed by atoms with van der Waals surface area (Å²) in [6, 6.07) is 0.120. The lowest BCUT2D eigenvalue weighted by Gasteiger charge is -2.33. The number of aryl methyl sites for hydroxylation is 1. The van der Waals surface area contributed by atoms with Gasteiger partial charge in [-0.3, -0.25) is 4.68 Å². The Morgan fingerprint density at radius 2 is 2.19 bits per heavy atom. The molecule has 27 heavy (non-hydrogen) atoms. The maximum Gasteiger partial charge on any atom is 0.317 e. The molecular formula is C17H26N8O2. The maximum absolute atomic E-state index is 12.6. The molecule has 2 aliphatic rings. The number of methoxy groups -OCH3 is 1. The van der Waals surface area contributed by atoms with E-state index >= 15 is 0 Å². The van der Waals surface area contributed by atoms with Gasteiger partial charge in [0.1, 0.15) is 12.4 Å². The van der Waals surface area contributed by atoms with Crippen molar-refractivity contribution in [1.82, 2.24) is 40.0 Å². The minimum atomic E-state index is 0.0277. The summed E-state index contributed by atoms with van der Waals surface area (Å²) < 4.78 is 8.86. The molecule has 1 unspecified atom stereocenters. The van der Waals surface area contributed by atoms with Gasteiger partial charge in [-0.15, -0.1) is 5.10 Å². The Bertz CT molecular complexity index is 751. The van der Waals surface area contributed by atoms with Crippen LogP contribution in [0.2, 0.25) is 0 Å². The predicted molar refractivity (Wildman–Crippen MR) is 95.7 cm³/mol. The summed E-state index contributed by atoms with van der Waals surface area (Å²) in [7, 11) is 1.64. The molecule has 0 radical (unpaired) electrons. The summed E-state index contributed by atoms with van der Waals surface area (Å²) in [6.45, 7) is 3.52. The molecule has 2 aliphatic heterocycles. The van der Waals surface area contributed by atoms with Crippen molar-refractivity contribution in [2.75, 3.05) is 20.2 Å². The highest BCUT2D eigenvalue weighted by Gasteiger charge is 2.27. The summed E-state index contributed by atoms with van der Waals surface area (Å²) in [5.74, 6) is 2.22. The second-order valence-corrected chi connectivity index (χ2v) is 7.30. The van der Waals surface area contributed by atoms with Crippen molar-refractivity contribution >= 4 is 6.03 Å². The summed E-state index contributed by atoms with van der Waals surface area (Å²) in [5.41, 5.74) is 0. The van der Waals surface area contributed by atoms with Crippen LogP contribution in [-0.2, 0) is 30.9 Å². The number of carbonyl (C=O) groups is 1. The van der Waals surface area contributed by atoms with Crippen molar-refractivity contribution in [3.8, 4) is 0 Å². The summed E-state index contributed by atoms with van der Waals surface area (Å²) in [5, 5.41) is 15.5. The van der Waals surface area contributed by atoms with Crippen molar-refractivity contribution in [2.45, 2.75) is 51.4 Å². The first-order valence-corrected chi connectivity index (χ1v) is 9.52. The van der Waals surface area contributed by atoms with Gasteiger partial charge in [-0.25, -0.2) is 14.5 Å². The van der Waals surface area contributed by atoms with Crippen LogP contribution in [0.3, 0.4) is 0 Å². The summed E-state index contributed by atoms with van der Waals surface area (Å²) in [4.78, 5) is 19.0. The number of hydrogen-bond acceptors (Lipinski definition) is 6. The van der Waals surface area contributed by atoms with Gasteiger partial charge in [0.25, 0.3) is 0 Å². The van der Waals surface area contributed by atoms with E-state index in [4.69, 9.17) is 4.74 Å². The van der Waals surface area contributed by atoms with Gasteiger partial charge in [0.2, 0.25) is 0 Å². The molecule has 1 fully saturated rings. The molecule has 4 rings (SSSR count). The van der Waals surface area contributed by atoms with Gasteiger partial charge in [-0.1, -0.05) is 5.21 Å². The average molecular weight is 374 g/mol. The van der Waals surface area contributed by atoms with E-state index < -0.39 is 0 Å². The molecule has 146 valence electrons. The molecule has 1 saturated heterocycles. The Kier molecular flexibility index (Phi) is 5.33. The van der Waals surface area contributed by atoms with Crippen LogP contribution < -0.4 is 5.32 Å². The Hall–Kier alpha value is -2.49. The van der Waals surface area contributed by atoms with Gasteiger partial charge in [0.15, 0.2) is 5.82 Å². The van der Waals surface area contributed by atoms with E-state index in [0.29, 0.717) is 24.9 Å². The molecule has 1 N–H and O–H groups in total. The van der Waals surface area contributed by atoms with Crippen molar-refractivity contribution in [2.24, 2.45) is 5.92 Å². The monoisotopic (exact) mass is 374 g/mol. The third-order valence-corrected chi connectivity index (χ3v) is 5.32. The molecular weight excluding hydrogens is 348 g/mol. The number of ether oxygens (including phenoxy) is 1. The molecule has 0 spiro atoms. The third-order valence-electron chi connectivity index (χ3n) is 5.32. The van der Waals surface area contributed by atoms with Gasteiger partial charge >= 0.3 is 6.03 Å². The van der Waals surface area contributed by atoms with Crippen molar-refractivity contribution in [3.05, 3.63) is 24.0 Å². The number of carbonyl (C=O) groups excluding carboxylic acids is 1. The number of rotatable bonds is 5. The Morgan fingerprint density at radius 3 is 2.93 bits per heavy atom. The predicted octanol–water partition coefficient (Wildman–Crippen LogP) is 0.453. The van der Waals surface area contributed by atoms with Gasteiger partial charge in [-0.2, -0.15) is 5.10 Å². The zero-order chi connectivity index (χ0) is 18.6. The highest BCUT2D eigenvalue weighted by Crippen LogP contribution is 2.19. The molecule has 0 aliphatic carbocycles. The number of fused-ring (bicyclic) bond motifs is 1. The molecule has 10 nitrogen and oxygen atoms in total. The van der Waals surface area contributed by atoms with Gasteiger partial charge in [0, 0.05) is 39.4 Å². The quantitative estimate of drug-likeness (QED) is 0.815. The van der Waals surface area contributed by atoms with E-state index in [1.807, 2.05) is 20.5 Å². The molecule has 0 aromatic carbocycles. The number of aromatic nitrogens is 6. The lowest BCUT2D eigenvalue weighted by molar-refractivity contribution is 0.158. The number of amides is 2. The largest absolute Gasteiger partial charge is 0.377 e. The number of likely N-dealkylation sites (tertiary alicyclic amines) is 1. The zero-order valence-corrected chi connectivity index (χ0v) is 15.6. The minimum absolute atomic E-state index is 0.0277. The molecule has 4 heterocycles. The summed E-state index contributed by atoms with van der Waals surface area (Å²) >= 11 is 0. The highest BCUT2D eigenvalue weighted by atomic mass is 16.5. The van der Waals surface area contributed by atoms with Crippen molar-refractivity contribution < 1.29 is 9.53 Å². The fourth-order valence-electron chi connectivity index (χ4n) is 3.85. The van der Waals surface area contributed by atoms with Crippen LogP contribution in [0.15, 0.2) is 12.4 Å². The second-order valence-electron chi connectivity index (χ2n) is 7.30. The first-order chi connectivity index (χ1) is 13.2. The smallest absolute Gasteiger partial charge is 0.317 e. The van der Waals surface area contributed by atoms with Crippen LogP contribution in [0.25, 0.3) is 0 Å². The SMILES string of the molecule is COCc1nc2n(n1)CC(NC(=O)N1CCC(Cn3ccnn3)CC1)CC2. The minimum Gasteiger partial charge on any atom is -0.377 e.